The second-order valence-electron chi connectivity index (χ2n) is 4.33. The Morgan fingerprint density at radius 1 is 1.44 bits per heavy atom. The predicted octanol–water partition coefficient (Wildman–Crippen LogP) is 0.131. The fourth-order valence-corrected chi connectivity index (χ4v) is 2.09. The Hall–Kier alpha value is -1.63. The molecule has 1 aromatic heterocycles. The summed E-state index contributed by atoms with van der Waals surface area (Å²) in [6.07, 6.45) is 2.09. The Labute approximate surface area is 106 Å². The normalized spacial score (nSPS) is 19.7. The van der Waals surface area contributed by atoms with Gasteiger partial charge in [0.1, 0.15) is 0 Å². The molecule has 1 saturated heterocycles. The lowest BCUT2D eigenvalue weighted by atomic mass is 9.99. The van der Waals surface area contributed by atoms with Crippen LogP contribution in [0.4, 0.5) is 11.9 Å². The predicted molar refractivity (Wildman–Crippen MR) is 67.9 cm³/mol. The Morgan fingerprint density at radius 3 is 2.94 bits per heavy atom. The lowest BCUT2D eigenvalue weighted by Crippen LogP contribution is -2.38. The molecule has 2 N–H and O–H groups in total. The van der Waals surface area contributed by atoms with Crippen LogP contribution in [0.2, 0.25) is 0 Å². The molecule has 0 radical (unpaired) electrons. The molecule has 7 nitrogen and oxygen atoms in total. The third kappa shape index (κ3) is 2.79. The molecule has 7 heteroatoms. The van der Waals surface area contributed by atoms with Gasteiger partial charge in [-0.1, -0.05) is 0 Å². The second-order valence-corrected chi connectivity index (χ2v) is 4.33. The molecule has 100 valence electrons. The number of aliphatic hydroxyl groups is 1. The zero-order chi connectivity index (χ0) is 13.0. The number of methoxy groups -OCH3 is 1. The summed E-state index contributed by atoms with van der Waals surface area (Å²) in [5, 5.41) is 12.1. The highest BCUT2D eigenvalue weighted by molar-refractivity contribution is 5.38. The van der Waals surface area contributed by atoms with Crippen LogP contribution >= 0.6 is 0 Å². The van der Waals surface area contributed by atoms with Gasteiger partial charge in [-0.15, -0.1) is 0 Å². The van der Waals surface area contributed by atoms with E-state index >= 15 is 0 Å². The van der Waals surface area contributed by atoms with E-state index in [9.17, 15) is 5.11 Å². The maximum Gasteiger partial charge on any atom is 0.322 e. The number of nitrogens with one attached hydrogen (secondary N) is 1. The SMILES string of the molecule is CNc1nc(OC)nc(N2CCCC(CO)C2)n1. The minimum atomic E-state index is 0.206. The van der Waals surface area contributed by atoms with Crippen molar-refractivity contribution < 1.29 is 9.84 Å². The summed E-state index contributed by atoms with van der Waals surface area (Å²) in [5.74, 6) is 1.38. The molecular formula is C11H19N5O2. The Balaban J connectivity index is 2.20. The molecular weight excluding hydrogens is 234 g/mol. The van der Waals surface area contributed by atoms with Gasteiger partial charge < -0.3 is 20.1 Å². The first kappa shape index (κ1) is 12.8. The second kappa shape index (κ2) is 5.81. The van der Waals surface area contributed by atoms with Crippen molar-refractivity contribution in [1.82, 2.24) is 15.0 Å². The number of anilines is 2. The van der Waals surface area contributed by atoms with Gasteiger partial charge in [-0.3, -0.25) is 0 Å². The van der Waals surface area contributed by atoms with Crippen molar-refractivity contribution in [2.75, 3.05) is 44.1 Å². The Kier molecular flexibility index (Phi) is 4.14. The van der Waals surface area contributed by atoms with Crippen molar-refractivity contribution in [3.8, 4) is 6.01 Å². The van der Waals surface area contributed by atoms with Gasteiger partial charge in [0.25, 0.3) is 0 Å². The highest BCUT2D eigenvalue weighted by Crippen LogP contribution is 2.22. The number of aliphatic hydroxyl groups excluding tert-OH is 1. The van der Waals surface area contributed by atoms with Crippen molar-refractivity contribution in [3.05, 3.63) is 0 Å². The number of hydrogen-bond donors (Lipinski definition) is 2. The monoisotopic (exact) mass is 253 g/mol. The topological polar surface area (TPSA) is 83.4 Å². The molecule has 0 saturated carbocycles. The first-order valence-electron chi connectivity index (χ1n) is 6.10. The van der Waals surface area contributed by atoms with Gasteiger partial charge in [0.05, 0.1) is 7.11 Å². The lowest BCUT2D eigenvalue weighted by molar-refractivity contribution is 0.208. The number of aromatic nitrogens is 3. The summed E-state index contributed by atoms with van der Waals surface area (Å²) < 4.78 is 5.06. The van der Waals surface area contributed by atoms with Crippen molar-refractivity contribution >= 4 is 11.9 Å². The van der Waals surface area contributed by atoms with E-state index in [1.807, 2.05) is 0 Å². The molecule has 2 rings (SSSR count). The standard InChI is InChI=1S/C11H19N5O2/c1-12-9-13-10(15-11(14-9)18-2)16-5-3-4-8(6-16)7-17/h8,17H,3-7H2,1-2H3,(H,12,13,14,15). The molecule has 0 spiro atoms. The summed E-state index contributed by atoms with van der Waals surface area (Å²) in [6.45, 7) is 1.87. The number of hydrogen-bond acceptors (Lipinski definition) is 7. The van der Waals surface area contributed by atoms with E-state index in [2.05, 4.69) is 25.2 Å². The first-order valence-corrected chi connectivity index (χ1v) is 6.10. The van der Waals surface area contributed by atoms with Crippen LogP contribution in [0.25, 0.3) is 0 Å². The van der Waals surface area contributed by atoms with Crippen molar-refractivity contribution in [1.29, 1.82) is 0 Å². The fourth-order valence-electron chi connectivity index (χ4n) is 2.09. The summed E-state index contributed by atoms with van der Waals surface area (Å²) in [6, 6.07) is 0.301. The highest BCUT2D eigenvalue weighted by atomic mass is 16.5. The van der Waals surface area contributed by atoms with Gasteiger partial charge in [-0.25, -0.2) is 0 Å². The van der Waals surface area contributed by atoms with Crippen molar-refractivity contribution in [2.45, 2.75) is 12.8 Å². The molecule has 0 aliphatic carbocycles. The van der Waals surface area contributed by atoms with Gasteiger partial charge in [0.2, 0.25) is 11.9 Å². The van der Waals surface area contributed by atoms with E-state index in [-0.39, 0.29) is 6.61 Å². The van der Waals surface area contributed by atoms with Crippen LogP contribution in [0, 0.1) is 5.92 Å². The van der Waals surface area contributed by atoms with E-state index in [4.69, 9.17) is 4.74 Å². The Morgan fingerprint density at radius 2 is 2.28 bits per heavy atom. The van der Waals surface area contributed by atoms with E-state index in [1.165, 1.54) is 7.11 Å². The van der Waals surface area contributed by atoms with Gasteiger partial charge >= 0.3 is 6.01 Å². The number of nitrogens with zero attached hydrogens (tertiary/aromatic N) is 4. The molecule has 1 aliphatic heterocycles. The maximum atomic E-state index is 9.24. The third-order valence-electron chi connectivity index (χ3n) is 3.07. The lowest BCUT2D eigenvalue weighted by Gasteiger charge is -2.31. The third-order valence-corrected chi connectivity index (χ3v) is 3.07. The average molecular weight is 253 g/mol. The number of piperidine rings is 1. The summed E-state index contributed by atoms with van der Waals surface area (Å²) in [5.41, 5.74) is 0. The van der Waals surface area contributed by atoms with Crippen LogP contribution in [0.15, 0.2) is 0 Å². The average Bonchev–Trinajstić information content (AvgIpc) is 2.46. The highest BCUT2D eigenvalue weighted by Gasteiger charge is 2.22. The Bertz CT molecular complexity index is 379. The van der Waals surface area contributed by atoms with Crippen molar-refractivity contribution in [3.63, 3.8) is 0 Å². The van der Waals surface area contributed by atoms with Gasteiger partial charge in [0.15, 0.2) is 0 Å². The van der Waals surface area contributed by atoms with Crippen molar-refractivity contribution in [2.24, 2.45) is 5.92 Å². The summed E-state index contributed by atoms with van der Waals surface area (Å²) in [4.78, 5) is 14.7. The molecule has 0 bridgehead atoms. The summed E-state index contributed by atoms with van der Waals surface area (Å²) in [7, 11) is 3.29. The van der Waals surface area contributed by atoms with E-state index in [0.717, 1.165) is 25.9 Å². The minimum absolute atomic E-state index is 0.206. The van der Waals surface area contributed by atoms with Crippen LogP contribution in [0.3, 0.4) is 0 Å². The van der Waals surface area contributed by atoms with Crippen LogP contribution in [0.1, 0.15) is 12.8 Å². The molecule has 2 heterocycles. The molecule has 0 amide bonds. The smallest absolute Gasteiger partial charge is 0.322 e. The maximum absolute atomic E-state index is 9.24. The zero-order valence-corrected chi connectivity index (χ0v) is 10.8. The first-order chi connectivity index (χ1) is 8.76. The van der Waals surface area contributed by atoms with Gasteiger partial charge in [0, 0.05) is 26.7 Å². The largest absolute Gasteiger partial charge is 0.467 e. The van der Waals surface area contributed by atoms with E-state index in [0.29, 0.717) is 23.8 Å². The van der Waals surface area contributed by atoms with E-state index in [1.54, 1.807) is 7.05 Å². The van der Waals surface area contributed by atoms with E-state index < -0.39 is 0 Å². The zero-order valence-electron chi connectivity index (χ0n) is 10.8. The van der Waals surface area contributed by atoms with Crippen LogP contribution in [-0.2, 0) is 0 Å². The minimum Gasteiger partial charge on any atom is -0.467 e. The van der Waals surface area contributed by atoms with Gasteiger partial charge in [-0.05, 0) is 18.8 Å². The number of rotatable bonds is 4. The van der Waals surface area contributed by atoms with Crippen LogP contribution < -0.4 is 15.0 Å². The quantitative estimate of drug-likeness (QED) is 0.789. The number of ether oxygens (including phenoxy) is 1. The van der Waals surface area contributed by atoms with Gasteiger partial charge in [-0.2, -0.15) is 15.0 Å². The molecule has 18 heavy (non-hydrogen) atoms. The molecule has 1 fully saturated rings. The molecule has 1 aromatic rings. The molecule has 1 unspecified atom stereocenters. The molecule has 1 atom stereocenters. The van der Waals surface area contributed by atoms with Crippen LogP contribution in [0.5, 0.6) is 6.01 Å². The molecule has 1 aliphatic rings. The van der Waals surface area contributed by atoms with Crippen LogP contribution in [-0.4, -0.2) is 53.9 Å². The summed E-state index contributed by atoms with van der Waals surface area (Å²) >= 11 is 0. The fraction of sp³-hybridized carbons (Fsp3) is 0.727. The molecule has 0 aromatic carbocycles.